The first-order valence-electron chi connectivity index (χ1n) is 9.13. The number of aromatic nitrogens is 1. The zero-order valence-corrected chi connectivity index (χ0v) is 14.7. The average Bonchev–Trinajstić information content (AvgIpc) is 3.17. The fourth-order valence-electron chi connectivity index (χ4n) is 4.48. The van der Waals surface area contributed by atoms with Crippen LogP contribution in [0.25, 0.3) is 0 Å². The van der Waals surface area contributed by atoms with Gasteiger partial charge in [-0.25, -0.2) is 8.78 Å². The lowest BCUT2D eigenvalue weighted by molar-refractivity contribution is -0.162. The Kier molecular flexibility index (Phi) is 3.95. The molecule has 0 radical (unpaired) electrons. The minimum atomic E-state index is -2.56. The number of aryl methyl sites for hydroxylation is 2. The van der Waals surface area contributed by atoms with Gasteiger partial charge in [-0.3, -0.25) is 4.90 Å². The molecule has 3 fully saturated rings. The third kappa shape index (κ3) is 2.88. The highest BCUT2D eigenvalue weighted by atomic mass is 19.3. The second kappa shape index (κ2) is 5.77. The van der Waals surface area contributed by atoms with Gasteiger partial charge in [-0.15, -0.1) is 0 Å². The molecule has 0 aromatic carbocycles. The summed E-state index contributed by atoms with van der Waals surface area (Å²) in [5, 5.41) is 3.98. The maximum absolute atomic E-state index is 14.8. The quantitative estimate of drug-likeness (QED) is 0.843. The number of piperidine rings is 1. The lowest BCUT2D eigenvalue weighted by Crippen LogP contribution is -2.57. The third-order valence-corrected chi connectivity index (χ3v) is 6.25. The molecule has 1 aromatic heterocycles. The number of halogens is 2. The molecule has 1 spiro atoms. The van der Waals surface area contributed by atoms with E-state index in [1.165, 1.54) is 12.8 Å². The molecule has 0 N–H and O–H groups in total. The van der Waals surface area contributed by atoms with Crippen LogP contribution in [-0.2, 0) is 6.54 Å². The molecule has 134 valence electrons. The van der Waals surface area contributed by atoms with Crippen LogP contribution in [0.4, 0.5) is 8.78 Å². The van der Waals surface area contributed by atoms with Gasteiger partial charge in [0.25, 0.3) is 5.92 Å². The average molecular weight is 339 g/mol. The Morgan fingerprint density at radius 3 is 2.50 bits per heavy atom. The van der Waals surface area contributed by atoms with Crippen molar-refractivity contribution in [3.8, 4) is 0 Å². The number of hydrogen-bond acceptors (Lipinski definition) is 4. The van der Waals surface area contributed by atoms with Gasteiger partial charge in [-0.05, 0) is 45.6 Å². The molecule has 4 nitrogen and oxygen atoms in total. The highest BCUT2D eigenvalue weighted by Crippen LogP contribution is 2.50. The summed E-state index contributed by atoms with van der Waals surface area (Å²) in [4.78, 5) is 4.47. The van der Waals surface area contributed by atoms with Crippen molar-refractivity contribution in [1.29, 1.82) is 0 Å². The number of nitrogens with zero attached hydrogens (tertiary/aromatic N) is 3. The molecule has 1 aromatic rings. The van der Waals surface area contributed by atoms with Gasteiger partial charge in [-0.1, -0.05) is 5.16 Å². The fourth-order valence-corrected chi connectivity index (χ4v) is 4.48. The van der Waals surface area contributed by atoms with E-state index >= 15 is 0 Å². The van der Waals surface area contributed by atoms with Crippen molar-refractivity contribution in [2.24, 2.45) is 11.3 Å². The van der Waals surface area contributed by atoms with E-state index < -0.39 is 11.3 Å². The van der Waals surface area contributed by atoms with Crippen LogP contribution in [0.5, 0.6) is 0 Å². The van der Waals surface area contributed by atoms with E-state index in [1.54, 1.807) is 0 Å². The summed E-state index contributed by atoms with van der Waals surface area (Å²) in [7, 11) is 0. The van der Waals surface area contributed by atoms with E-state index in [9.17, 15) is 8.78 Å². The van der Waals surface area contributed by atoms with Crippen LogP contribution >= 0.6 is 0 Å². The van der Waals surface area contributed by atoms with Gasteiger partial charge in [-0.2, -0.15) is 0 Å². The summed E-state index contributed by atoms with van der Waals surface area (Å²) >= 11 is 0. The van der Waals surface area contributed by atoms with Crippen LogP contribution in [0, 0.1) is 25.2 Å². The Hall–Kier alpha value is -1.01. The number of hydrogen-bond donors (Lipinski definition) is 0. The zero-order valence-electron chi connectivity index (χ0n) is 14.7. The summed E-state index contributed by atoms with van der Waals surface area (Å²) in [6.45, 7) is 7.81. The summed E-state index contributed by atoms with van der Waals surface area (Å²) in [6.07, 6.45) is 3.15. The van der Waals surface area contributed by atoms with Gasteiger partial charge >= 0.3 is 0 Å². The van der Waals surface area contributed by atoms with Crippen LogP contribution in [0.1, 0.15) is 42.7 Å². The van der Waals surface area contributed by atoms with Crippen molar-refractivity contribution < 1.29 is 13.3 Å². The molecular weight excluding hydrogens is 312 g/mol. The molecule has 1 unspecified atom stereocenters. The Morgan fingerprint density at radius 2 is 1.83 bits per heavy atom. The van der Waals surface area contributed by atoms with Crippen molar-refractivity contribution in [2.75, 3.05) is 32.7 Å². The molecule has 2 aliphatic heterocycles. The van der Waals surface area contributed by atoms with Crippen molar-refractivity contribution in [3.05, 3.63) is 17.0 Å². The number of alkyl halides is 2. The number of likely N-dealkylation sites (tertiary alicyclic amines) is 2. The monoisotopic (exact) mass is 339 g/mol. The third-order valence-electron chi connectivity index (χ3n) is 6.25. The van der Waals surface area contributed by atoms with E-state index in [0.29, 0.717) is 32.6 Å². The van der Waals surface area contributed by atoms with Crippen LogP contribution in [0.2, 0.25) is 0 Å². The van der Waals surface area contributed by atoms with E-state index in [-0.39, 0.29) is 6.42 Å². The van der Waals surface area contributed by atoms with Crippen molar-refractivity contribution in [3.63, 3.8) is 0 Å². The van der Waals surface area contributed by atoms with Crippen LogP contribution in [-0.4, -0.2) is 53.6 Å². The molecule has 4 rings (SSSR count). The zero-order chi connectivity index (χ0) is 16.9. The molecule has 2 saturated heterocycles. The molecular formula is C18H27F2N3O. The lowest BCUT2D eigenvalue weighted by atomic mass is 9.75. The minimum Gasteiger partial charge on any atom is -0.361 e. The Bertz CT molecular complexity index is 594. The van der Waals surface area contributed by atoms with Crippen molar-refractivity contribution in [2.45, 2.75) is 52.0 Å². The SMILES string of the molecule is Cc1noc(C)c1CN1CCC2(C1)CN(CC1CC1)CCC2(F)F. The van der Waals surface area contributed by atoms with Gasteiger partial charge in [0.1, 0.15) is 5.76 Å². The summed E-state index contributed by atoms with van der Waals surface area (Å²) in [5.74, 6) is -0.992. The second-order valence-corrected chi connectivity index (χ2v) is 8.18. The lowest BCUT2D eigenvalue weighted by Gasteiger charge is -2.46. The molecule has 0 bridgehead atoms. The fraction of sp³-hybridized carbons (Fsp3) is 0.833. The molecule has 6 heteroatoms. The smallest absolute Gasteiger partial charge is 0.257 e. The van der Waals surface area contributed by atoms with Crippen LogP contribution < -0.4 is 0 Å². The molecule has 3 aliphatic rings. The second-order valence-electron chi connectivity index (χ2n) is 8.18. The predicted molar refractivity (Wildman–Crippen MR) is 87.0 cm³/mol. The topological polar surface area (TPSA) is 32.5 Å². The predicted octanol–water partition coefficient (Wildman–Crippen LogP) is 3.23. The summed E-state index contributed by atoms with van der Waals surface area (Å²) < 4.78 is 34.9. The highest BCUT2D eigenvalue weighted by Gasteiger charge is 2.59. The van der Waals surface area contributed by atoms with Gasteiger partial charge in [0.2, 0.25) is 0 Å². The van der Waals surface area contributed by atoms with Gasteiger partial charge in [0.05, 0.1) is 11.1 Å². The number of rotatable bonds is 4. The maximum atomic E-state index is 14.8. The Labute approximate surface area is 142 Å². The minimum absolute atomic E-state index is 0.0128. The molecule has 24 heavy (non-hydrogen) atoms. The molecule has 1 atom stereocenters. The standard InChI is InChI=1S/C18H27F2N3O/c1-13-16(14(2)24-21-13)10-23-7-5-17(12-23)11-22(9-15-3-4-15)8-6-18(17,19)20/h15H,3-12H2,1-2H3. The maximum Gasteiger partial charge on any atom is 0.257 e. The van der Waals surface area contributed by atoms with E-state index in [4.69, 9.17) is 4.52 Å². The van der Waals surface area contributed by atoms with Gasteiger partial charge in [0, 0.05) is 44.7 Å². The summed E-state index contributed by atoms with van der Waals surface area (Å²) in [6, 6.07) is 0. The van der Waals surface area contributed by atoms with Gasteiger partial charge < -0.3 is 9.42 Å². The molecule has 3 heterocycles. The molecule has 1 saturated carbocycles. The normalized spacial score (nSPS) is 31.2. The Balaban J connectivity index is 1.47. The van der Waals surface area contributed by atoms with Gasteiger partial charge in [0.15, 0.2) is 0 Å². The van der Waals surface area contributed by atoms with E-state index in [1.807, 2.05) is 13.8 Å². The summed E-state index contributed by atoms with van der Waals surface area (Å²) in [5.41, 5.74) is 1.05. The molecule has 0 amide bonds. The molecule has 1 aliphatic carbocycles. The largest absolute Gasteiger partial charge is 0.361 e. The van der Waals surface area contributed by atoms with Crippen LogP contribution in [0.15, 0.2) is 4.52 Å². The van der Waals surface area contributed by atoms with E-state index in [2.05, 4.69) is 15.0 Å². The van der Waals surface area contributed by atoms with Crippen molar-refractivity contribution >= 4 is 0 Å². The van der Waals surface area contributed by atoms with E-state index in [0.717, 1.165) is 36.0 Å². The first-order valence-corrected chi connectivity index (χ1v) is 9.13. The van der Waals surface area contributed by atoms with Crippen LogP contribution in [0.3, 0.4) is 0 Å². The van der Waals surface area contributed by atoms with Crippen molar-refractivity contribution in [1.82, 2.24) is 15.0 Å². The highest BCUT2D eigenvalue weighted by molar-refractivity contribution is 5.21. The Morgan fingerprint density at radius 1 is 1.12 bits per heavy atom. The first kappa shape index (κ1) is 16.5. The first-order chi connectivity index (χ1) is 11.4.